The number of rotatable bonds is 7. The maximum Gasteiger partial charge on any atom is 0.320 e. The minimum absolute atomic E-state index is 0.275. The van der Waals surface area contributed by atoms with Crippen molar-refractivity contribution in [1.29, 1.82) is 0 Å². The largest absolute Gasteiger partial charge is 0.505 e. The summed E-state index contributed by atoms with van der Waals surface area (Å²) in [5, 5.41) is 24.1. The summed E-state index contributed by atoms with van der Waals surface area (Å²) in [6.07, 6.45) is 1.75. The van der Waals surface area contributed by atoms with E-state index in [1.54, 1.807) is 6.07 Å². The quantitative estimate of drug-likeness (QED) is 0.448. The lowest BCUT2D eigenvalue weighted by molar-refractivity contribution is -0.137. The van der Waals surface area contributed by atoms with Crippen LogP contribution in [-0.4, -0.2) is 26.8 Å². The van der Waals surface area contributed by atoms with Gasteiger partial charge in [-0.25, -0.2) is 4.79 Å². The van der Waals surface area contributed by atoms with Gasteiger partial charge in [0.25, 0.3) is 5.56 Å². The van der Waals surface area contributed by atoms with Crippen molar-refractivity contribution in [1.82, 2.24) is 9.88 Å². The molecule has 31 heavy (non-hydrogen) atoms. The lowest BCUT2D eigenvalue weighted by Gasteiger charge is -2.16. The molecular formula is C22H23N3O5S. The van der Waals surface area contributed by atoms with E-state index in [-0.39, 0.29) is 17.9 Å². The summed E-state index contributed by atoms with van der Waals surface area (Å²) in [4.78, 5) is 37.7. The van der Waals surface area contributed by atoms with Gasteiger partial charge in [-0.15, -0.1) is 11.3 Å². The SMILES string of the molecule is Cc1ccccc1Cc1ccc(C(CC(=O)O)NC(=O)Nc2c(O)ccn(C)c2=O)s1. The maximum atomic E-state index is 12.5. The highest BCUT2D eigenvalue weighted by Crippen LogP contribution is 2.28. The van der Waals surface area contributed by atoms with E-state index in [4.69, 9.17) is 0 Å². The highest BCUT2D eigenvalue weighted by atomic mass is 32.1. The lowest BCUT2D eigenvalue weighted by Crippen LogP contribution is -2.35. The van der Waals surface area contributed by atoms with Gasteiger partial charge < -0.3 is 25.4 Å². The van der Waals surface area contributed by atoms with Crippen LogP contribution in [0, 0.1) is 6.92 Å². The number of carbonyl (C=O) groups excluding carboxylic acids is 1. The summed E-state index contributed by atoms with van der Waals surface area (Å²) in [5.74, 6) is -1.44. The van der Waals surface area contributed by atoms with E-state index in [0.717, 1.165) is 4.88 Å². The molecule has 0 aliphatic rings. The molecular weight excluding hydrogens is 418 g/mol. The van der Waals surface area contributed by atoms with Crippen molar-refractivity contribution in [2.24, 2.45) is 7.05 Å². The van der Waals surface area contributed by atoms with Crippen LogP contribution in [0.1, 0.15) is 33.3 Å². The number of urea groups is 1. The minimum atomic E-state index is -1.07. The Morgan fingerprint density at radius 2 is 1.90 bits per heavy atom. The Bertz CT molecular complexity index is 1170. The van der Waals surface area contributed by atoms with Gasteiger partial charge in [-0.05, 0) is 36.2 Å². The number of carboxylic acids is 1. The Balaban J connectivity index is 1.77. The third-order valence-corrected chi connectivity index (χ3v) is 6.02. The topological polar surface area (TPSA) is 121 Å². The number of thiophene rings is 1. The first-order valence-corrected chi connectivity index (χ1v) is 10.4. The first kappa shape index (κ1) is 22.1. The Morgan fingerprint density at radius 1 is 1.16 bits per heavy atom. The minimum Gasteiger partial charge on any atom is -0.505 e. The molecule has 3 rings (SSSR count). The summed E-state index contributed by atoms with van der Waals surface area (Å²) in [7, 11) is 1.49. The first-order chi connectivity index (χ1) is 14.7. The van der Waals surface area contributed by atoms with Crippen LogP contribution in [0.4, 0.5) is 10.5 Å². The zero-order chi connectivity index (χ0) is 22.5. The van der Waals surface area contributed by atoms with Gasteiger partial charge in [0.1, 0.15) is 5.75 Å². The van der Waals surface area contributed by atoms with E-state index in [1.165, 1.54) is 46.3 Å². The fourth-order valence-electron chi connectivity index (χ4n) is 3.12. The third kappa shape index (κ3) is 5.52. The Hall–Kier alpha value is -3.59. The van der Waals surface area contributed by atoms with Crippen LogP contribution < -0.4 is 16.2 Å². The molecule has 0 fully saturated rings. The fraction of sp³-hybridized carbons (Fsp3) is 0.227. The predicted molar refractivity (Wildman–Crippen MR) is 119 cm³/mol. The van der Waals surface area contributed by atoms with Gasteiger partial charge in [-0.1, -0.05) is 24.3 Å². The number of hydrogen-bond donors (Lipinski definition) is 4. The van der Waals surface area contributed by atoms with Crippen molar-refractivity contribution in [3.8, 4) is 5.75 Å². The smallest absolute Gasteiger partial charge is 0.320 e. The van der Waals surface area contributed by atoms with Crippen LogP contribution in [-0.2, 0) is 18.3 Å². The molecule has 1 unspecified atom stereocenters. The summed E-state index contributed by atoms with van der Waals surface area (Å²) in [6, 6.07) is 11.4. The van der Waals surface area contributed by atoms with Crippen LogP contribution in [0.5, 0.6) is 5.75 Å². The molecule has 162 valence electrons. The second kappa shape index (κ2) is 9.48. The summed E-state index contributed by atoms with van der Waals surface area (Å²) in [6.45, 7) is 2.03. The number of carboxylic acid groups (broad SMARTS) is 1. The fourth-order valence-corrected chi connectivity index (χ4v) is 4.20. The number of pyridine rings is 1. The summed E-state index contributed by atoms with van der Waals surface area (Å²) < 4.78 is 1.21. The normalized spacial score (nSPS) is 11.7. The molecule has 0 aliphatic carbocycles. The molecule has 8 nitrogen and oxygen atoms in total. The molecule has 0 saturated heterocycles. The second-order valence-electron chi connectivity index (χ2n) is 7.15. The van der Waals surface area contributed by atoms with Gasteiger partial charge in [-0.3, -0.25) is 9.59 Å². The molecule has 0 saturated carbocycles. The average Bonchev–Trinajstić information content (AvgIpc) is 3.18. The number of aromatic hydroxyl groups is 1. The van der Waals surface area contributed by atoms with Gasteiger partial charge in [0.15, 0.2) is 5.69 Å². The van der Waals surface area contributed by atoms with Crippen molar-refractivity contribution in [2.45, 2.75) is 25.8 Å². The zero-order valence-corrected chi connectivity index (χ0v) is 17.9. The molecule has 1 aromatic carbocycles. The van der Waals surface area contributed by atoms with Crippen LogP contribution in [0.2, 0.25) is 0 Å². The van der Waals surface area contributed by atoms with Crippen molar-refractivity contribution in [3.63, 3.8) is 0 Å². The van der Waals surface area contributed by atoms with Gasteiger partial charge in [0, 0.05) is 29.4 Å². The highest BCUT2D eigenvalue weighted by molar-refractivity contribution is 7.12. The predicted octanol–water partition coefficient (Wildman–Crippen LogP) is 3.39. The van der Waals surface area contributed by atoms with E-state index in [2.05, 4.69) is 10.6 Å². The highest BCUT2D eigenvalue weighted by Gasteiger charge is 2.21. The number of hydrogen-bond acceptors (Lipinski definition) is 5. The van der Waals surface area contributed by atoms with Gasteiger partial charge in [0.2, 0.25) is 0 Å². The summed E-state index contributed by atoms with van der Waals surface area (Å²) in [5.41, 5.74) is 1.48. The maximum absolute atomic E-state index is 12.5. The standard InChI is InChI=1S/C22H23N3O5S/c1-13-5-3-4-6-14(13)11-15-7-8-18(31-15)16(12-19(27)28)23-22(30)24-20-17(26)9-10-25(2)21(20)29/h3-10,16,26H,11-12H2,1-2H3,(H,27,28)(H2,23,24,30). The van der Waals surface area contributed by atoms with Crippen molar-refractivity contribution < 1.29 is 19.8 Å². The number of aliphatic carboxylic acids is 1. The Morgan fingerprint density at radius 3 is 2.61 bits per heavy atom. The number of carbonyl (C=O) groups is 2. The number of nitrogens with zero attached hydrogens (tertiary/aromatic N) is 1. The van der Waals surface area contributed by atoms with E-state index >= 15 is 0 Å². The van der Waals surface area contributed by atoms with E-state index in [1.807, 2.05) is 37.3 Å². The van der Waals surface area contributed by atoms with Crippen molar-refractivity contribution in [3.05, 3.63) is 79.9 Å². The third-order valence-electron chi connectivity index (χ3n) is 4.82. The number of benzene rings is 1. The molecule has 3 aromatic rings. The number of nitrogens with one attached hydrogen (secondary N) is 2. The van der Waals surface area contributed by atoms with Crippen LogP contribution in [0.25, 0.3) is 0 Å². The van der Waals surface area contributed by atoms with Gasteiger partial charge in [0.05, 0.1) is 12.5 Å². The molecule has 2 aromatic heterocycles. The van der Waals surface area contributed by atoms with Crippen molar-refractivity contribution >= 4 is 29.0 Å². The lowest BCUT2D eigenvalue weighted by atomic mass is 10.1. The van der Waals surface area contributed by atoms with E-state index in [0.29, 0.717) is 11.3 Å². The van der Waals surface area contributed by atoms with E-state index < -0.39 is 23.6 Å². The number of aromatic nitrogens is 1. The van der Waals surface area contributed by atoms with Gasteiger partial charge >= 0.3 is 12.0 Å². The number of aryl methyl sites for hydroxylation is 2. The zero-order valence-electron chi connectivity index (χ0n) is 17.1. The van der Waals surface area contributed by atoms with Gasteiger partial charge in [-0.2, -0.15) is 0 Å². The molecule has 0 radical (unpaired) electrons. The van der Waals surface area contributed by atoms with Crippen LogP contribution in [0.15, 0.2) is 53.5 Å². The molecule has 2 heterocycles. The average molecular weight is 442 g/mol. The Labute approximate surface area is 182 Å². The number of amides is 2. The molecule has 0 aliphatic heterocycles. The monoisotopic (exact) mass is 441 g/mol. The molecule has 2 amide bonds. The Kier molecular flexibility index (Phi) is 6.76. The molecule has 1 atom stereocenters. The molecule has 0 spiro atoms. The molecule has 0 bridgehead atoms. The van der Waals surface area contributed by atoms with Crippen LogP contribution in [0.3, 0.4) is 0 Å². The molecule has 9 heteroatoms. The second-order valence-corrected chi connectivity index (χ2v) is 8.35. The van der Waals surface area contributed by atoms with Crippen LogP contribution >= 0.6 is 11.3 Å². The summed E-state index contributed by atoms with van der Waals surface area (Å²) >= 11 is 1.42. The first-order valence-electron chi connectivity index (χ1n) is 9.55. The van der Waals surface area contributed by atoms with Crippen molar-refractivity contribution in [2.75, 3.05) is 5.32 Å². The molecule has 4 N–H and O–H groups in total. The number of anilines is 1. The van der Waals surface area contributed by atoms with E-state index in [9.17, 15) is 24.6 Å².